The second kappa shape index (κ2) is 6.66. The first kappa shape index (κ1) is 18.6. The average molecular weight is 353 g/mol. The van der Waals surface area contributed by atoms with Crippen molar-refractivity contribution < 1.29 is 23.6 Å². The highest BCUT2D eigenvalue weighted by Crippen LogP contribution is 2.36. The number of carboxylic acid groups (broad SMARTS) is 1. The number of furan rings is 1. The van der Waals surface area contributed by atoms with E-state index >= 15 is 0 Å². The Morgan fingerprint density at radius 2 is 2.04 bits per heavy atom. The van der Waals surface area contributed by atoms with Crippen molar-refractivity contribution in [2.45, 2.75) is 44.4 Å². The summed E-state index contributed by atoms with van der Waals surface area (Å²) in [4.78, 5) is 11.4. The van der Waals surface area contributed by atoms with E-state index in [2.05, 4.69) is 4.72 Å². The topological polar surface area (TPSA) is 94.8 Å². The highest BCUT2D eigenvalue weighted by atomic mass is 32.2. The fourth-order valence-corrected chi connectivity index (χ4v) is 3.19. The molecule has 7 heteroatoms. The molecule has 1 aromatic heterocycles. The van der Waals surface area contributed by atoms with Crippen LogP contribution in [-0.2, 0) is 21.7 Å². The summed E-state index contributed by atoms with van der Waals surface area (Å²) in [5, 5.41) is 10.1. The molecule has 24 heavy (non-hydrogen) atoms. The van der Waals surface area contributed by atoms with Crippen LogP contribution in [0.5, 0.6) is 5.75 Å². The molecule has 0 fully saturated rings. The zero-order valence-electron chi connectivity index (χ0n) is 14.5. The third-order valence-corrected chi connectivity index (χ3v) is 5.40. The van der Waals surface area contributed by atoms with Crippen LogP contribution in [0.4, 0.5) is 0 Å². The average Bonchev–Trinajstić information content (AvgIpc) is 2.89. The van der Waals surface area contributed by atoms with Crippen LogP contribution in [0.25, 0.3) is 11.0 Å². The van der Waals surface area contributed by atoms with Gasteiger partial charge in [0.05, 0.1) is 13.5 Å². The molecule has 0 aliphatic rings. The SMILES string of the molecule is COc1cccc2cc([C@](C)(CC(=O)O)N[S@+]([O-])C(C)(C)C)oc12. The van der Waals surface area contributed by atoms with Gasteiger partial charge in [-0.15, -0.1) is 4.72 Å². The zero-order chi connectivity index (χ0) is 18.1. The second-order valence-electron chi connectivity index (χ2n) is 6.88. The third-order valence-electron chi connectivity index (χ3n) is 3.65. The number of carboxylic acids is 1. The third kappa shape index (κ3) is 3.85. The fraction of sp³-hybridized carbons (Fsp3) is 0.471. The van der Waals surface area contributed by atoms with E-state index in [1.165, 1.54) is 0 Å². The Hall–Kier alpha value is -1.70. The number of rotatable bonds is 6. The number of ether oxygens (including phenoxy) is 1. The smallest absolute Gasteiger partial charge is 0.305 e. The maximum atomic E-state index is 12.5. The summed E-state index contributed by atoms with van der Waals surface area (Å²) in [6.45, 7) is 7.13. The van der Waals surface area contributed by atoms with Crippen LogP contribution < -0.4 is 9.46 Å². The first-order valence-electron chi connectivity index (χ1n) is 7.55. The molecule has 0 spiro atoms. The number of benzene rings is 1. The van der Waals surface area contributed by atoms with Crippen molar-refractivity contribution in [1.82, 2.24) is 4.72 Å². The minimum absolute atomic E-state index is 0.267. The van der Waals surface area contributed by atoms with Crippen LogP contribution in [0.3, 0.4) is 0 Å². The van der Waals surface area contributed by atoms with Crippen molar-refractivity contribution >= 4 is 28.3 Å². The first-order valence-corrected chi connectivity index (χ1v) is 8.70. The summed E-state index contributed by atoms with van der Waals surface area (Å²) in [6, 6.07) is 7.21. The Labute approximate surface area is 144 Å². The second-order valence-corrected chi connectivity index (χ2v) is 8.84. The van der Waals surface area contributed by atoms with Gasteiger partial charge in [-0.3, -0.25) is 4.79 Å². The highest BCUT2D eigenvalue weighted by molar-refractivity contribution is 7.90. The van der Waals surface area contributed by atoms with E-state index in [0.717, 1.165) is 5.39 Å². The molecule has 0 saturated carbocycles. The minimum atomic E-state index is -1.46. The van der Waals surface area contributed by atoms with Crippen LogP contribution in [0.1, 0.15) is 39.9 Å². The Morgan fingerprint density at radius 3 is 2.58 bits per heavy atom. The van der Waals surface area contributed by atoms with E-state index in [1.54, 1.807) is 26.2 Å². The van der Waals surface area contributed by atoms with Gasteiger partial charge in [-0.25, -0.2) is 0 Å². The van der Waals surface area contributed by atoms with Crippen molar-refractivity contribution in [2.24, 2.45) is 0 Å². The fourth-order valence-electron chi connectivity index (χ4n) is 2.30. The van der Waals surface area contributed by atoms with E-state index in [4.69, 9.17) is 9.15 Å². The van der Waals surface area contributed by atoms with Gasteiger partial charge in [-0.05, 0) is 39.8 Å². The highest BCUT2D eigenvalue weighted by Gasteiger charge is 2.41. The van der Waals surface area contributed by atoms with Gasteiger partial charge in [0, 0.05) is 16.7 Å². The number of carbonyl (C=O) groups is 1. The first-order chi connectivity index (χ1) is 11.1. The molecule has 2 aromatic rings. The van der Waals surface area contributed by atoms with E-state index in [1.807, 2.05) is 32.9 Å². The number of nitrogens with one attached hydrogen (secondary N) is 1. The van der Waals surface area contributed by atoms with Gasteiger partial charge in [0.1, 0.15) is 16.0 Å². The summed E-state index contributed by atoms with van der Waals surface area (Å²) in [7, 11) is 1.54. The molecule has 2 N–H and O–H groups in total. The number of para-hydroxylation sites is 1. The summed E-state index contributed by atoms with van der Waals surface area (Å²) in [6.07, 6.45) is -0.267. The summed E-state index contributed by atoms with van der Waals surface area (Å²) < 4.78 is 26.1. The van der Waals surface area contributed by atoms with E-state index < -0.39 is 27.6 Å². The normalized spacial score (nSPS) is 15.9. The van der Waals surface area contributed by atoms with Gasteiger partial charge < -0.3 is 18.8 Å². The standard InChI is InChI=1S/C17H23NO5S/c1-16(2,3)24(21)18-17(4,10-14(19)20)13-9-11-7-6-8-12(22-5)15(11)23-13/h6-9,18H,10H2,1-5H3,(H,19,20)/t17-,24+/m0/s1. The van der Waals surface area contributed by atoms with E-state index in [9.17, 15) is 14.5 Å². The largest absolute Gasteiger partial charge is 0.598 e. The zero-order valence-corrected chi connectivity index (χ0v) is 15.3. The summed E-state index contributed by atoms with van der Waals surface area (Å²) in [5.41, 5.74) is -0.580. The number of aliphatic carboxylic acids is 1. The lowest BCUT2D eigenvalue weighted by atomic mass is 9.96. The molecular weight excluding hydrogens is 330 g/mol. The molecule has 0 radical (unpaired) electrons. The number of methoxy groups -OCH3 is 1. The van der Waals surface area contributed by atoms with Crippen molar-refractivity contribution in [2.75, 3.05) is 7.11 Å². The van der Waals surface area contributed by atoms with Crippen molar-refractivity contribution in [1.29, 1.82) is 0 Å². The number of hydrogen-bond donors (Lipinski definition) is 2. The molecule has 2 rings (SSSR count). The van der Waals surface area contributed by atoms with Crippen molar-refractivity contribution in [3.63, 3.8) is 0 Å². The van der Waals surface area contributed by atoms with Crippen LogP contribution in [0, 0.1) is 0 Å². The van der Waals surface area contributed by atoms with Gasteiger partial charge in [-0.2, -0.15) is 0 Å². The molecule has 0 aliphatic heterocycles. The van der Waals surface area contributed by atoms with E-state index in [-0.39, 0.29) is 6.42 Å². The summed E-state index contributed by atoms with van der Waals surface area (Å²) in [5.74, 6) is -0.0429. The lowest BCUT2D eigenvalue weighted by Gasteiger charge is -2.32. The molecule has 1 heterocycles. The van der Waals surface area contributed by atoms with Gasteiger partial charge in [0.15, 0.2) is 11.3 Å². The number of hydrogen-bond acceptors (Lipinski definition) is 5. The Kier molecular flexibility index (Phi) is 5.17. The molecule has 132 valence electrons. The van der Waals surface area contributed by atoms with Crippen molar-refractivity contribution in [3.05, 3.63) is 30.0 Å². The van der Waals surface area contributed by atoms with Gasteiger partial charge in [0.2, 0.25) is 0 Å². The van der Waals surface area contributed by atoms with Crippen LogP contribution >= 0.6 is 0 Å². The molecule has 1 aromatic carbocycles. The molecule has 0 bridgehead atoms. The van der Waals surface area contributed by atoms with Gasteiger partial charge >= 0.3 is 5.97 Å². The minimum Gasteiger partial charge on any atom is -0.598 e. The lowest BCUT2D eigenvalue weighted by molar-refractivity contribution is -0.138. The molecule has 2 atom stereocenters. The molecule has 0 unspecified atom stereocenters. The monoisotopic (exact) mass is 353 g/mol. The Balaban J connectivity index is 2.49. The van der Waals surface area contributed by atoms with Crippen LogP contribution in [0.15, 0.2) is 28.7 Å². The van der Waals surface area contributed by atoms with Crippen molar-refractivity contribution in [3.8, 4) is 5.75 Å². The molecule has 6 nitrogen and oxygen atoms in total. The molecule has 0 aliphatic carbocycles. The van der Waals surface area contributed by atoms with E-state index in [0.29, 0.717) is 17.1 Å². The van der Waals surface area contributed by atoms with Gasteiger partial charge in [0.25, 0.3) is 0 Å². The van der Waals surface area contributed by atoms with Crippen LogP contribution in [0.2, 0.25) is 0 Å². The maximum Gasteiger partial charge on any atom is 0.305 e. The molecular formula is C17H23NO5S. The predicted molar refractivity (Wildman–Crippen MR) is 93.4 cm³/mol. The number of fused-ring (bicyclic) bond motifs is 1. The van der Waals surface area contributed by atoms with Crippen LogP contribution in [-0.4, -0.2) is 27.5 Å². The quantitative estimate of drug-likeness (QED) is 0.775. The summed E-state index contributed by atoms with van der Waals surface area (Å²) >= 11 is -1.46. The Bertz CT molecular complexity index is 736. The maximum absolute atomic E-state index is 12.5. The Morgan fingerprint density at radius 1 is 1.38 bits per heavy atom. The lowest BCUT2D eigenvalue weighted by Crippen LogP contribution is -2.50. The van der Waals surface area contributed by atoms with Gasteiger partial charge in [-0.1, -0.05) is 12.1 Å². The predicted octanol–water partition coefficient (Wildman–Crippen LogP) is 3.18. The molecule has 0 amide bonds. The molecule has 0 saturated heterocycles.